The number of rotatable bonds is 0. The van der Waals surface area contributed by atoms with Crippen LogP contribution in [-0.4, -0.2) is 34.2 Å². The van der Waals surface area contributed by atoms with Gasteiger partial charge >= 0.3 is 0 Å². The standard InChI is InChI=1S/C10H13NO4/c1-9-3-4(12)10(2,15-9)6-5(9)7(13)11-8(6)14/h4-6,12H,3H2,1-2H3,(H,11,13,14)/t4-,5+,6-,9?,10?/m0/s1. The van der Waals surface area contributed by atoms with Crippen molar-refractivity contribution < 1.29 is 19.4 Å². The Labute approximate surface area is 86.8 Å². The zero-order valence-corrected chi connectivity index (χ0v) is 8.61. The molecule has 0 spiro atoms. The van der Waals surface area contributed by atoms with Crippen LogP contribution in [0.4, 0.5) is 0 Å². The zero-order valence-electron chi connectivity index (χ0n) is 8.61. The number of amides is 2. The van der Waals surface area contributed by atoms with Crippen LogP contribution in [0.15, 0.2) is 0 Å². The molecule has 0 radical (unpaired) electrons. The van der Waals surface area contributed by atoms with Crippen LogP contribution in [0, 0.1) is 11.8 Å². The minimum absolute atomic E-state index is 0.261. The van der Waals surface area contributed by atoms with Gasteiger partial charge in [0.25, 0.3) is 0 Å². The van der Waals surface area contributed by atoms with Gasteiger partial charge in [0.2, 0.25) is 11.8 Å². The second kappa shape index (κ2) is 2.25. The van der Waals surface area contributed by atoms with Gasteiger partial charge in [0.15, 0.2) is 0 Å². The van der Waals surface area contributed by atoms with Gasteiger partial charge in [0.05, 0.1) is 23.5 Å². The van der Waals surface area contributed by atoms with E-state index in [2.05, 4.69) is 5.32 Å². The first kappa shape index (κ1) is 9.30. The maximum absolute atomic E-state index is 11.6. The van der Waals surface area contributed by atoms with Gasteiger partial charge < -0.3 is 9.84 Å². The minimum atomic E-state index is -0.893. The monoisotopic (exact) mass is 211 g/mol. The fourth-order valence-electron chi connectivity index (χ4n) is 3.46. The molecule has 0 aromatic heterocycles. The Kier molecular flexibility index (Phi) is 1.39. The van der Waals surface area contributed by atoms with Crippen LogP contribution in [0.1, 0.15) is 20.3 Å². The summed E-state index contributed by atoms with van der Waals surface area (Å²) in [6.45, 7) is 3.51. The average Bonchev–Trinajstić information content (AvgIpc) is 2.58. The Morgan fingerprint density at radius 2 is 1.93 bits per heavy atom. The molecule has 3 heterocycles. The van der Waals surface area contributed by atoms with Crippen molar-refractivity contribution in [3.63, 3.8) is 0 Å². The van der Waals surface area contributed by atoms with E-state index < -0.39 is 29.1 Å². The van der Waals surface area contributed by atoms with Gasteiger partial charge in [-0.1, -0.05) is 0 Å². The SMILES string of the molecule is CC12C[C@H](O)C(C)(O1)[C@@H]1C(=O)NC(=O)[C@@H]12. The van der Waals surface area contributed by atoms with E-state index in [9.17, 15) is 14.7 Å². The molecule has 3 rings (SSSR count). The van der Waals surface area contributed by atoms with Crippen molar-refractivity contribution >= 4 is 11.8 Å². The fraction of sp³-hybridized carbons (Fsp3) is 0.800. The molecule has 0 saturated carbocycles. The number of hydrogen-bond acceptors (Lipinski definition) is 4. The van der Waals surface area contributed by atoms with Crippen molar-refractivity contribution in [2.45, 2.75) is 37.6 Å². The number of hydrogen-bond donors (Lipinski definition) is 2. The van der Waals surface area contributed by atoms with E-state index in [1.165, 1.54) is 0 Å². The number of carbonyl (C=O) groups excluding carboxylic acids is 2. The van der Waals surface area contributed by atoms with Crippen LogP contribution in [0.25, 0.3) is 0 Å². The van der Waals surface area contributed by atoms with Crippen molar-refractivity contribution in [2.75, 3.05) is 0 Å². The Bertz CT molecular complexity index is 382. The molecule has 0 aromatic rings. The molecule has 2 bridgehead atoms. The molecule has 5 nitrogen and oxygen atoms in total. The molecule has 5 heteroatoms. The first-order chi connectivity index (χ1) is 6.88. The molecule has 2 unspecified atom stereocenters. The lowest BCUT2D eigenvalue weighted by Crippen LogP contribution is -2.48. The molecule has 2 amide bonds. The van der Waals surface area contributed by atoms with Crippen LogP contribution in [0.5, 0.6) is 0 Å². The van der Waals surface area contributed by atoms with Crippen LogP contribution < -0.4 is 5.32 Å². The summed E-state index contributed by atoms with van der Waals surface area (Å²) >= 11 is 0. The summed E-state index contributed by atoms with van der Waals surface area (Å²) in [5, 5.41) is 12.2. The Morgan fingerprint density at radius 3 is 2.60 bits per heavy atom. The van der Waals surface area contributed by atoms with Crippen LogP contribution in [0.3, 0.4) is 0 Å². The van der Waals surface area contributed by atoms with Gasteiger partial charge in [-0.15, -0.1) is 0 Å². The molecule has 3 aliphatic rings. The second-order valence-electron chi connectivity index (χ2n) is 5.13. The highest BCUT2D eigenvalue weighted by Crippen LogP contribution is 2.58. The molecule has 15 heavy (non-hydrogen) atoms. The Morgan fingerprint density at radius 1 is 1.33 bits per heavy atom. The molecule has 0 aromatic carbocycles. The van der Waals surface area contributed by atoms with Gasteiger partial charge in [-0.3, -0.25) is 14.9 Å². The third kappa shape index (κ3) is 0.823. The van der Waals surface area contributed by atoms with Crippen molar-refractivity contribution in [1.29, 1.82) is 0 Å². The number of ether oxygens (including phenoxy) is 1. The van der Waals surface area contributed by atoms with E-state index in [1.807, 2.05) is 0 Å². The predicted molar refractivity (Wildman–Crippen MR) is 48.6 cm³/mol. The van der Waals surface area contributed by atoms with Crippen molar-refractivity contribution in [3.8, 4) is 0 Å². The maximum atomic E-state index is 11.6. The smallest absolute Gasteiger partial charge is 0.233 e. The summed E-state index contributed by atoms with van der Waals surface area (Å²) in [6, 6.07) is 0. The number of imide groups is 1. The van der Waals surface area contributed by atoms with E-state index in [1.54, 1.807) is 13.8 Å². The molecule has 82 valence electrons. The van der Waals surface area contributed by atoms with Crippen molar-refractivity contribution in [2.24, 2.45) is 11.8 Å². The first-order valence-electron chi connectivity index (χ1n) is 5.11. The van der Waals surface area contributed by atoms with Gasteiger partial charge in [-0.2, -0.15) is 0 Å². The number of aliphatic hydroxyl groups is 1. The number of fused-ring (bicyclic) bond motifs is 5. The van der Waals surface area contributed by atoms with Gasteiger partial charge in [0, 0.05) is 6.42 Å². The summed E-state index contributed by atoms with van der Waals surface area (Å²) in [7, 11) is 0. The van der Waals surface area contributed by atoms with E-state index >= 15 is 0 Å². The summed E-state index contributed by atoms with van der Waals surface area (Å²) in [6.07, 6.45) is -0.244. The highest BCUT2D eigenvalue weighted by atomic mass is 16.6. The number of aliphatic hydroxyl groups excluding tert-OH is 1. The van der Waals surface area contributed by atoms with Gasteiger partial charge in [0.1, 0.15) is 5.60 Å². The molecule has 3 fully saturated rings. The lowest BCUT2D eigenvalue weighted by Gasteiger charge is -2.31. The summed E-state index contributed by atoms with van der Waals surface area (Å²) in [4.78, 5) is 23.2. The zero-order chi connectivity index (χ0) is 11.0. The molecule has 0 aliphatic carbocycles. The van der Waals surface area contributed by atoms with Crippen molar-refractivity contribution in [3.05, 3.63) is 0 Å². The number of nitrogens with one attached hydrogen (secondary N) is 1. The Balaban J connectivity index is 2.14. The van der Waals surface area contributed by atoms with E-state index in [4.69, 9.17) is 4.74 Å². The van der Waals surface area contributed by atoms with Crippen LogP contribution >= 0.6 is 0 Å². The topological polar surface area (TPSA) is 75.6 Å². The fourth-order valence-corrected chi connectivity index (χ4v) is 3.46. The first-order valence-corrected chi connectivity index (χ1v) is 5.11. The summed E-state index contributed by atoms with van der Waals surface area (Å²) in [5.41, 5.74) is -1.58. The van der Waals surface area contributed by atoms with E-state index in [0.29, 0.717) is 6.42 Å². The largest absolute Gasteiger partial charge is 0.390 e. The predicted octanol–water partition coefficient (Wildman–Crippen LogP) is -0.813. The third-order valence-electron chi connectivity index (χ3n) is 4.13. The highest BCUT2D eigenvalue weighted by Gasteiger charge is 2.73. The van der Waals surface area contributed by atoms with Crippen molar-refractivity contribution in [1.82, 2.24) is 5.32 Å². The average molecular weight is 211 g/mol. The summed E-state index contributed by atoms with van der Waals surface area (Å²) < 4.78 is 5.74. The Hall–Kier alpha value is -0.940. The summed E-state index contributed by atoms with van der Waals surface area (Å²) in [5.74, 6) is -1.53. The van der Waals surface area contributed by atoms with Crippen LogP contribution in [-0.2, 0) is 14.3 Å². The lowest BCUT2D eigenvalue weighted by atomic mass is 9.67. The van der Waals surface area contributed by atoms with E-state index in [-0.39, 0.29) is 11.8 Å². The van der Waals surface area contributed by atoms with Crippen LogP contribution in [0.2, 0.25) is 0 Å². The second-order valence-corrected chi connectivity index (χ2v) is 5.13. The minimum Gasteiger partial charge on any atom is -0.390 e. The maximum Gasteiger partial charge on any atom is 0.233 e. The normalized spacial score (nSPS) is 57.1. The van der Waals surface area contributed by atoms with E-state index in [0.717, 1.165) is 0 Å². The molecular formula is C10H13NO4. The molecule has 3 saturated heterocycles. The quantitative estimate of drug-likeness (QED) is 0.514. The third-order valence-corrected chi connectivity index (χ3v) is 4.13. The highest BCUT2D eigenvalue weighted by molar-refractivity contribution is 6.07. The number of carbonyl (C=O) groups is 2. The van der Waals surface area contributed by atoms with Gasteiger partial charge in [-0.05, 0) is 13.8 Å². The molecular weight excluding hydrogens is 198 g/mol. The molecule has 5 atom stereocenters. The lowest BCUT2D eigenvalue weighted by molar-refractivity contribution is -0.135. The molecule has 2 N–H and O–H groups in total. The molecule has 3 aliphatic heterocycles. The van der Waals surface area contributed by atoms with Gasteiger partial charge in [-0.25, -0.2) is 0 Å².